The summed E-state index contributed by atoms with van der Waals surface area (Å²) in [4.78, 5) is 10.6. The zero-order chi connectivity index (χ0) is 12.0. The van der Waals surface area contributed by atoms with Gasteiger partial charge in [0.25, 0.3) is 0 Å². The fourth-order valence-electron chi connectivity index (χ4n) is 1.56. The summed E-state index contributed by atoms with van der Waals surface area (Å²) in [5.74, 6) is 0. The normalized spacial score (nSPS) is 14.3. The molecular formula is C8H19O6P. The third kappa shape index (κ3) is 4.30. The maximum atomic E-state index is 10.6. The van der Waals surface area contributed by atoms with Crippen LogP contribution in [0.1, 0.15) is 0 Å². The van der Waals surface area contributed by atoms with Gasteiger partial charge in [-0.3, -0.25) is 0 Å². The Labute approximate surface area is 88.5 Å². The van der Waals surface area contributed by atoms with Crippen LogP contribution in [0.4, 0.5) is 4.79 Å². The molecule has 6 nitrogen and oxygen atoms in total. The molecule has 0 atom stereocenters. The predicted octanol–water partition coefficient (Wildman–Crippen LogP) is -0.244. The molecule has 0 bridgehead atoms. The van der Waals surface area contributed by atoms with Crippen molar-refractivity contribution in [2.45, 2.75) is 0 Å². The molecule has 4 N–H and O–H groups in total. The maximum absolute atomic E-state index is 10.6. The van der Waals surface area contributed by atoms with Crippen LogP contribution in [-0.2, 0) is 4.52 Å². The second-order valence-corrected chi connectivity index (χ2v) is 9.79. The van der Waals surface area contributed by atoms with Crippen LogP contribution >= 0.6 is 6.83 Å². The number of aliphatic hydroxyl groups is 3. The average molecular weight is 242 g/mol. The van der Waals surface area contributed by atoms with Gasteiger partial charge in [-0.25, -0.2) is 0 Å². The van der Waals surface area contributed by atoms with E-state index in [0.29, 0.717) is 0 Å². The van der Waals surface area contributed by atoms with E-state index >= 15 is 0 Å². The second-order valence-electron chi connectivity index (χ2n) is 3.89. The van der Waals surface area contributed by atoms with Gasteiger partial charge in [0.15, 0.2) is 0 Å². The molecule has 0 aromatic rings. The van der Waals surface area contributed by atoms with E-state index in [1.165, 1.54) is 0 Å². The van der Waals surface area contributed by atoms with Crippen LogP contribution in [0.15, 0.2) is 0 Å². The van der Waals surface area contributed by atoms with E-state index in [4.69, 9.17) is 24.9 Å². The van der Waals surface area contributed by atoms with E-state index in [9.17, 15) is 4.79 Å². The monoisotopic (exact) mass is 242 g/mol. The molecule has 92 valence electrons. The van der Waals surface area contributed by atoms with Crippen molar-refractivity contribution in [3.05, 3.63) is 0 Å². The quantitative estimate of drug-likeness (QED) is 0.459. The molecule has 0 saturated heterocycles. The fourth-order valence-corrected chi connectivity index (χ4v) is 4.69. The predicted molar refractivity (Wildman–Crippen MR) is 57.8 cm³/mol. The first-order chi connectivity index (χ1) is 6.90. The van der Waals surface area contributed by atoms with Crippen molar-refractivity contribution in [1.82, 2.24) is 0 Å². The molecule has 0 spiro atoms. The first kappa shape index (κ1) is 14.6. The summed E-state index contributed by atoms with van der Waals surface area (Å²) < 4.78 is 4.91. The summed E-state index contributed by atoms with van der Waals surface area (Å²) in [5.41, 5.74) is 0. The van der Waals surface area contributed by atoms with E-state index in [1.807, 2.05) is 0 Å². The Morgan fingerprint density at radius 1 is 1.07 bits per heavy atom. The standard InChI is InChI=1S/C8H19O6P/c1-15(5-2-9,6-3-10,7-4-11)14-8(12)13/h9-11H,2-7H2,1H3,(H,12,13). The molecule has 15 heavy (non-hydrogen) atoms. The molecule has 0 amide bonds. The average Bonchev–Trinajstić information content (AvgIpc) is 2.02. The molecule has 0 aliphatic rings. The van der Waals surface area contributed by atoms with Crippen LogP contribution in [0.5, 0.6) is 0 Å². The number of carboxylic acid groups (broad SMARTS) is 1. The molecule has 0 saturated carbocycles. The third-order valence-corrected chi connectivity index (χ3v) is 7.67. The van der Waals surface area contributed by atoms with Crippen LogP contribution in [0.2, 0.25) is 0 Å². The van der Waals surface area contributed by atoms with Crippen LogP contribution in [-0.4, -0.2) is 71.6 Å². The van der Waals surface area contributed by atoms with Gasteiger partial charge in [0.2, 0.25) is 0 Å². The van der Waals surface area contributed by atoms with Gasteiger partial charge in [0.05, 0.1) is 0 Å². The fraction of sp³-hybridized carbons (Fsp3) is 0.875. The number of hydrogen-bond donors (Lipinski definition) is 4. The minimum absolute atomic E-state index is 0.166. The van der Waals surface area contributed by atoms with Gasteiger partial charge in [-0.2, -0.15) is 0 Å². The summed E-state index contributed by atoms with van der Waals surface area (Å²) in [6, 6.07) is 0. The number of aliphatic hydroxyl groups excluding tert-OH is 3. The van der Waals surface area contributed by atoms with Gasteiger partial charge < -0.3 is 0 Å². The summed E-state index contributed by atoms with van der Waals surface area (Å²) in [7, 11) is 0. The molecular weight excluding hydrogens is 223 g/mol. The Hall–Kier alpha value is -0.420. The van der Waals surface area contributed by atoms with Crippen LogP contribution in [0.25, 0.3) is 0 Å². The van der Waals surface area contributed by atoms with Crippen LogP contribution in [0.3, 0.4) is 0 Å². The van der Waals surface area contributed by atoms with E-state index in [2.05, 4.69) is 0 Å². The van der Waals surface area contributed by atoms with Crippen molar-refractivity contribution in [3.63, 3.8) is 0 Å². The molecule has 0 heterocycles. The Morgan fingerprint density at radius 2 is 1.40 bits per heavy atom. The van der Waals surface area contributed by atoms with E-state index in [1.54, 1.807) is 6.66 Å². The van der Waals surface area contributed by atoms with Crippen LogP contribution < -0.4 is 0 Å². The summed E-state index contributed by atoms with van der Waals surface area (Å²) in [6.07, 6.45) is -0.928. The molecule has 7 heteroatoms. The van der Waals surface area contributed by atoms with Gasteiger partial charge in [0.1, 0.15) is 0 Å². The molecule has 0 fully saturated rings. The molecule has 0 aliphatic heterocycles. The summed E-state index contributed by atoms with van der Waals surface area (Å²) >= 11 is 0. The molecule has 0 radical (unpaired) electrons. The van der Waals surface area contributed by atoms with E-state index in [0.717, 1.165) is 0 Å². The Bertz CT molecular complexity index is 199. The molecule has 0 aromatic carbocycles. The van der Waals surface area contributed by atoms with E-state index in [-0.39, 0.29) is 38.3 Å². The first-order valence-electron chi connectivity index (χ1n) is 4.66. The SMILES string of the molecule is CP(CCO)(CCO)(CCO)OC(=O)O. The summed E-state index contributed by atoms with van der Waals surface area (Å²) in [6.45, 7) is -2.23. The van der Waals surface area contributed by atoms with Gasteiger partial charge in [-0.1, -0.05) is 0 Å². The third-order valence-electron chi connectivity index (χ3n) is 2.56. The van der Waals surface area contributed by atoms with Gasteiger partial charge >= 0.3 is 87.7 Å². The van der Waals surface area contributed by atoms with Crippen molar-refractivity contribution in [2.75, 3.05) is 45.0 Å². The molecule has 0 aromatic heterocycles. The van der Waals surface area contributed by atoms with Gasteiger partial charge in [-0.05, 0) is 0 Å². The van der Waals surface area contributed by atoms with Crippen molar-refractivity contribution in [3.8, 4) is 0 Å². The zero-order valence-corrected chi connectivity index (χ0v) is 9.69. The molecule has 0 aliphatic carbocycles. The Kier molecular flexibility index (Phi) is 5.45. The number of rotatable bonds is 7. The minimum atomic E-state index is -3.18. The Balaban J connectivity index is 4.94. The zero-order valence-electron chi connectivity index (χ0n) is 8.80. The summed E-state index contributed by atoms with van der Waals surface area (Å²) in [5, 5.41) is 35.4. The van der Waals surface area contributed by atoms with E-state index < -0.39 is 13.0 Å². The molecule has 0 rings (SSSR count). The van der Waals surface area contributed by atoms with Crippen molar-refractivity contribution >= 4 is 13.0 Å². The van der Waals surface area contributed by atoms with Crippen LogP contribution in [0, 0.1) is 0 Å². The second kappa shape index (κ2) is 5.61. The van der Waals surface area contributed by atoms with Gasteiger partial charge in [-0.15, -0.1) is 0 Å². The topological polar surface area (TPSA) is 107 Å². The number of carbonyl (C=O) groups is 1. The number of hydrogen-bond acceptors (Lipinski definition) is 5. The Morgan fingerprint density at radius 3 is 1.60 bits per heavy atom. The van der Waals surface area contributed by atoms with Crippen molar-refractivity contribution in [2.24, 2.45) is 0 Å². The van der Waals surface area contributed by atoms with Crippen molar-refractivity contribution < 1.29 is 29.7 Å². The first-order valence-corrected chi connectivity index (χ1v) is 7.82. The molecule has 0 unspecified atom stereocenters. The van der Waals surface area contributed by atoms with Crippen molar-refractivity contribution in [1.29, 1.82) is 0 Å². The van der Waals surface area contributed by atoms with Gasteiger partial charge in [0, 0.05) is 0 Å².